The van der Waals surface area contributed by atoms with E-state index in [1.54, 1.807) is 6.92 Å². The van der Waals surface area contributed by atoms with Gasteiger partial charge in [-0.3, -0.25) is 0 Å². The van der Waals surface area contributed by atoms with Crippen molar-refractivity contribution in [1.29, 1.82) is 0 Å². The van der Waals surface area contributed by atoms with Crippen molar-refractivity contribution in [3.8, 4) is 0 Å². The zero-order valence-electron chi connectivity index (χ0n) is 9.51. The Morgan fingerprint density at radius 2 is 1.94 bits per heavy atom. The number of piperidine rings is 1. The van der Waals surface area contributed by atoms with Crippen LogP contribution in [-0.2, 0) is 0 Å². The molecule has 1 saturated heterocycles. The molecule has 0 bridgehead atoms. The molecule has 0 atom stereocenters. The fourth-order valence-electron chi connectivity index (χ4n) is 1.92. The molecule has 2 heterocycles. The van der Waals surface area contributed by atoms with Crippen molar-refractivity contribution in [2.75, 3.05) is 23.7 Å². The summed E-state index contributed by atoms with van der Waals surface area (Å²) in [7, 11) is 0. The number of halogens is 3. The third kappa shape index (κ3) is 2.45. The second-order valence-corrected chi connectivity index (χ2v) is 4.33. The van der Waals surface area contributed by atoms with Crippen LogP contribution in [0, 0.1) is 12.7 Å². The number of alkyl halides is 2. The molecule has 0 unspecified atom stereocenters. The molecule has 0 radical (unpaired) electrons. The van der Waals surface area contributed by atoms with Gasteiger partial charge in [-0.05, 0) is 13.0 Å². The minimum absolute atomic E-state index is 0.00448. The van der Waals surface area contributed by atoms with Crippen LogP contribution in [0.2, 0.25) is 0 Å². The maximum atomic E-state index is 13.7. The molecular weight excluding hydrogens is 231 g/mol. The molecule has 1 fully saturated rings. The van der Waals surface area contributed by atoms with Gasteiger partial charge in [-0.2, -0.15) is 0 Å². The number of aromatic nitrogens is 1. The van der Waals surface area contributed by atoms with Crippen molar-refractivity contribution in [1.82, 2.24) is 4.98 Å². The summed E-state index contributed by atoms with van der Waals surface area (Å²) in [4.78, 5) is 5.55. The number of hydrogen-bond acceptors (Lipinski definition) is 3. The largest absolute Gasteiger partial charge is 0.396 e. The standard InChI is InChI=1S/C11H14F3N3/c1-7-6-8(15)9(12)10(16-7)17-4-2-11(13,14)3-5-17/h6H,2-5H2,1H3,(H2,15,16). The predicted octanol–water partition coefficient (Wildman–Crippen LogP) is 2.35. The van der Waals surface area contributed by atoms with Gasteiger partial charge in [-0.15, -0.1) is 0 Å². The van der Waals surface area contributed by atoms with Gasteiger partial charge in [0.25, 0.3) is 5.92 Å². The minimum atomic E-state index is -2.65. The average molecular weight is 245 g/mol. The first-order valence-electron chi connectivity index (χ1n) is 5.44. The molecule has 1 aliphatic rings. The number of aryl methyl sites for hydroxylation is 1. The van der Waals surface area contributed by atoms with Gasteiger partial charge in [-0.25, -0.2) is 18.2 Å². The summed E-state index contributed by atoms with van der Waals surface area (Å²) in [5.41, 5.74) is 6.08. The normalized spacial score (nSPS) is 19.4. The van der Waals surface area contributed by atoms with E-state index in [9.17, 15) is 13.2 Å². The summed E-state index contributed by atoms with van der Waals surface area (Å²) in [5, 5.41) is 0. The first kappa shape index (κ1) is 12.0. The number of nitrogens with zero attached hydrogens (tertiary/aromatic N) is 2. The van der Waals surface area contributed by atoms with Crippen molar-refractivity contribution in [2.45, 2.75) is 25.7 Å². The lowest BCUT2D eigenvalue weighted by molar-refractivity contribution is -0.0222. The molecule has 1 aromatic heterocycles. The van der Waals surface area contributed by atoms with Gasteiger partial charge in [0, 0.05) is 31.6 Å². The lowest BCUT2D eigenvalue weighted by Crippen LogP contribution is -2.40. The van der Waals surface area contributed by atoms with Gasteiger partial charge in [-0.1, -0.05) is 0 Å². The molecule has 0 aliphatic carbocycles. The van der Waals surface area contributed by atoms with Crippen LogP contribution < -0.4 is 10.6 Å². The molecule has 0 saturated carbocycles. The monoisotopic (exact) mass is 245 g/mol. The SMILES string of the molecule is Cc1cc(N)c(F)c(N2CCC(F)(F)CC2)n1. The fraction of sp³-hybridized carbons (Fsp3) is 0.545. The minimum Gasteiger partial charge on any atom is -0.396 e. The van der Waals surface area contributed by atoms with Crippen LogP contribution in [0.4, 0.5) is 24.7 Å². The highest BCUT2D eigenvalue weighted by Gasteiger charge is 2.35. The summed E-state index contributed by atoms with van der Waals surface area (Å²) >= 11 is 0. The van der Waals surface area contributed by atoms with E-state index in [0.29, 0.717) is 5.69 Å². The Balaban J connectivity index is 2.24. The van der Waals surface area contributed by atoms with Gasteiger partial charge in [0.1, 0.15) is 0 Å². The number of nitrogens with two attached hydrogens (primary N) is 1. The Labute approximate surface area is 97.4 Å². The van der Waals surface area contributed by atoms with Crippen LogP contribution in [-0.4, -0.2) is 24.0 Å². The molecule has 0 spiro atoms. The lowest BCUT2D eigenvalue weighted by atomic mass is 10.1. The van der Waals surface area contributed by atoms with E-state index in [1.807, 2.05) is 0 Å². The van der Waals surface area contributed by atoms with Crippen molar-refractivity contribution >= 4 is 11.5 Å². The molecule has 1 aliphatic heterocycles. The van der Waals surface area contributed by atoms with E-state index < -0.39 is 11.7 Å². The van der Waals surface area contributed by atoms with Crippen molar-refractivity contribution in [2.24, 2.45) is 0 Å². The predicted molar refractivity (Wildman–Crippen MR) is 59.7 cm³/mol. The quantitative estimate of drug-likeness (QED) is 0.825. The van der Waals surface area contributed by atoms with Gasteiger partial charge >= 0.3 is 0 Å². The summed E-state index contributed by atoms with van der Waals surface area (Å²) in [6, 6.07) is 1.43. The molecule has 0 aromatic carbocycles. The molecule has 0 amide bonds. The molecular formula is C11H14F3N3. The zero-order valence-corrected chi connectivity index (χ0v) is 9.51. The van der Waals surface area contributed by atoms with Crippen LogP contribution in [0.15, 0.2) is 6.07 Å². The molecule has 17 heavy (non-hydrogen) atoms. The number of hydrogen-bond donors (Lipinski definition) is 1. The maximum absolute atomic E-state index is 13.7. The highest BCUT2D eigenvalue weighted by Crippen LogP contribution is 2.31. The van der Waals surface area contributed by atoms with Crippen molar-refractivity contribution in [3.63, 3.8) is 0 Å². The van der Waals surface area contributed by atoms with Crippen molar-refractivity contribution < 1.29 is 13.2 Å². The summed E-state index contributed by atoms with van der Waals surface area (Å²) in [6.07, 6.45) is -0.552. The molecule has 2 rings (SSSR count). The topological polar surface area (TPSA) is 42.1 Å². The van der Waals surface area contributed by atoms with Crippen LogP contribution in [0.3, 0.4) is 0 Å². The zero-order chi connectivity index (χ0) is 12.6. The first-order chi connectivity index (χ1) is 7.89. The number of pyridine rings is 1. The van der Waals surface area contributed by atoms with E-state index >= 15 is 0 Å². The summed E-state index contributed by atoms with van der Waals surface area (Å²) in [6.45, 7) is 1.89. The second kappa shape index (κ2) is 4.09. The van der Waals surface area contributed by atoms with E-state index in [0.717, 1.165) is 0 Å². The Kier molecular flexibility index (Phi) is 2.89. The number of rotatable bonds is 1. The van der Waals surface area contributed by atoms with Crippen LogP contribution >= 0.6 is 0 Å². The molecule has 94 valence electrons. The second-order valence-electron chi connectivity index (χ2n) is 4.33. The summed E-state index contributed by atoms with van der Waals surface area (Å²) in [5.74, 6) is -3.19. The van der Waals surface area contributed by atoms with E-state index in [-0.39, 0.29) is 37.4 Å². The molecule has 6 heteroatoms. The van der Waals surface area contributed by atoms with E-state index in [1.165, 1.54) is 11.0 Å². The Morgan fingerprint density at radius 1 is 1.35 bits per heavy atom. The van der Waals surface area contributed by atoms with Crippen molar-refractivity contribution in [3.05, 3.63) is 17.6 Å². The highest BCUT2D eigenvalue weighted by molar-refractivity contribution is 5.54. The van der Waals surface area contributed by atoms with Gasteiger partial charge < -0.3 is 10.6 Å². The Hall–Kier alpha value is -1.46. The fourth-order valence-corrected chi connectivity index (χ4v) is 1.92. The van der Waals surface area contributed by atoms with Crippen LogP contribution in [0.25, 0.3) is 0 Å². The van der Waals surface area contributed by atoms with Gasteiger partial charge in [0.2, 0.25) is 0 Å². The van der Waals surface area contributed by atoms with E-state index in [4.69, 9.17) is 5.73 Å². The molecule has 1 aromatic rings. The summed E-state index contributed by atoms with van der Waals surface area (Å²) < 4.78 is 39.7. The van der Waals surface area contributed by atoms with Crippen LogP contribution in [0.5, 0.6) is 0 Å². The number of nitrogen functional groups attached to an aromatic ring is 1. The first-order valence-corrected chi connectivity index (χ1v) is 5.44. The van der Waals surface area contributed by atoms with Gasteiger partial charge in [0.05, 0.1) is 5.69 Å². The smallest absolute Gasteiger partial charge is 0.251 e. The third-order valence-electron chi connectivity index (χ3n) is 2.89. The third-order valence-corrected chi connectivity index (χ3v) is 2.89. The van der Waals surface area contributed by atoms with E-state index in [2.05, 4.69) is 4.98 Å². The van der Waals surface area contributed by atoms with Crippen LogP contribution in [0.1, 0.15) is 18.5 Å². The Bertz CT molecular complexity index is 424. The molecule has 2 N–H and O–H groups in total. The number of anilines is 2. The highest BCUT2D eigenvalue weighted by atomic mass is 19.3. The lowest BCUT2D eigenvalue weighted by Gasteiger charge is -2.32. The molecule has 3 nitrogen and oxygen atoms in total. The Morgan fingerprint density at radius 3 is 2.53 bits per heavy atom. The average Bonchev–Trinajstić information content (AvgIpc) is 2.24. The maximum Gasteiger partial charge on any atom is 0.251 e. The van der Waals surface area contributed by atoms with Gasteiger partial charge in [0.15, 0.2) is 11.6 Å².